The number of esters is 1. The lowest BCUT2D eigenvalue weighted by Crippen LogP contribution is -2.36. The van der Waals surface area contributed by atoms with E-state index in [0.29, 0.717) is 11.5 Å². The van der Waals surface area contributed by atoms with E-state index in [0.717, 1.165) is 17.7 Å². The fourth-order valence-electron chi connectivity index (χ4n) is 4.36. The molecule has 0 bridgehead atoms. The molecule has 1 aliphatic carbocycles. The average molecular weight is 392 g/mol. The van der Waals surface area contributed by atoms with Crippen molar-refractivity contribution in [3.63, 3.8) is 0 Å². The quantitative estimate of drug-likeness (QED) is 0.267. The lowest BCUT2D eigenvalue weighted by molar-refractivity contribution is -0.0219. The van der Waals surface area contributed by atoms with Crippen molar-refractivity contribution in [1.82, 2.24) is 0 Å². The largest absolute Gasteiger partial charge is 0.455 e. The van der Waals surface area contributed by atoms with Crippen molar-refractivity contribution in [2.45, 2.75) is 46.1 Å². The van der Waals surface area contributed by atoms with E-state index in [-0.39, 0.29) is 16.4 Å². The summed E-state index contributed by atoms with van der Waals surface area (Å²) in [6, 6.07) is 16.5. The maximum atomic E-state index is 12.9. The van der Waals surface area contributed by atoms with Crippen molar-refractivity contribution in [3.8, 4) is 4.90 Å². The number of carbonyl (C=O) groups excluding carboxylic acids is 1. The van der Waals surface area contributed by atoms with Gasteiger partial charge in [-0.05, 0) is 64.8 Å². The summed E-state index contributed by atoms with van der Waals surface area (Å²) in [6.45, 7) is 8.36. The van der Waals surface area contributed by atoms with Crippen LogP contribution in [0, 0.1) is 12.8 Å². The lowest BCUT2D eigenvalue weighted by atomic mass is 9.86. The molecule has 1 aliphatic rings. The number of aryl methyl sites for hydroxylation is 1. The molecule has 4 rings (SSSR count). The summed E-state index contributed by atoms with van der Waals surface area (Å²) in [5.74, 6) is 0.0668. The Kier molecular flexibility index (Phi) is 4.88. The molecule has 1 aromatic heterocycles. The van der Waals surface area contributed by atoms with Gasteiger partial charge in [-0.15, -0.1) is 0 Å². The fourth-order valence-corrected chi connectivity index (χ4v) is 6.52. The van der Waals surface area contributed by atoms with Gasteiger partial charge in [0.1, 0.15) is 11.0 Å². The van der Waals surface area contributed by atoms with Gasteiger partial charge in [0.2, 0.25) is 0 Å². The van der Waals surface area contributed by atoms with Crippen LogP contribution in [0.3, 0.4) is 0 Å². The Hall–Kier alpha value is -2.39. The number of thiophene rings is 1. The number of hydrogen-bond acceptors (Lipinski definition) is 2. The van der Waals surface area contributed by atoms with Crippen LogP contribution in [0.15, 0.2) is 65.6 Å². The van der Waals surface area contributed by atoms with Crippen molar-refractivity contribution in [3.05, 3.63) is 76.7 Å². The van der Waals surface area contributed by atoms with E-state index in [1.165, 1.54) is 21.2 Å². The Morgan fingerprint density at radius 3 is 2.64 bits per heavy atom. The number of fused-ring (bicyclic) bond motifs is 1. The smallest absolute Gasteiger partial charge is 0.338 e. The van der Waals surface area contributed by atoms with Gasteiger partial charge >= 0.3 is 5.97 Å². The van der Waals surface area contributed by atoms with Crippen LogP contribution in [-0.2, 0) is 4.74 Å². The number of carbonyl (C=O) groups is 1. The molecule has 28 heavy (non-hydrogen) atoms. The Morgan fingerprint density at radius 1 is 1.11 bits per heavy atom. The van der Waals surface area contributed by atoms with Gasteiger partial charge in [-0.1, -0.05) is 29.8 Å². The summed E-state index contributed by atoms with van der Waals surface area (Å²) >= 11 is 0. The molecule has 0 amide bonds. The second kappa shape index (κ2) is 7.21. The molecule has 3 aromatic rings. The number of benzene rings is 2. The zero-order valence-corrected chi connectivity index (χ0v) is 17.8. The van der Waals surface area contributed by atoms with Gasteiger partial charge in [0, 0.05) is 33.4 Å². The van der Waals surface area contributed by atoms with Gasteiger partial charge in [-0.3, -0.25) is 0 Å². The summed E-state index contributed by atoms with van der Waals surface area (Å²) in [7, 11) is -0.132. The Morgan fingerprint density at radius 2 is 1.89 bits per heavy atom. The minimum absolute atomic E-state index is 0.132. The van der Waals surface area contributed by atoms with Crippen LogP contribution >= 0.6 is 10.5 Å². The zero-order chi connectivity index (χ0) is 19.9. The maximum Gasteiger partial charge on any atom is 0.338 e. The number of hydrogen-bond donors (Lipinski definition) is 0. The van der Waals surface area contributed by atoms with E-state index in [1.807, 2.05) is 32.0 Å². The number of ether oxygens (including phenoxy) is 1. The van der Waals surface area contributed by atoms with Crippen LogP contribution < -0.4 is 0 Å². The predicted molar refractivity (Wildman–Crippen MR) is 118 cm³/mol. The van der Waals surface area contributed by atoms with Gasteiger partial charge in [-0.2, -0.15) is 0 Å². The third-order valence-electron chi connectivity index (χ3n) is 5.83. The highest BCUT2D eigenvalue weighted by molar-refractivity contribution is 7.43. The van der Waals surface area contributed by atoms with E-state index >= 15 is 0 Å². The predicted octanol–water partition coefficient (Wildman–Crippen LogP) is 7.18. The molecule has 0 radical (unpaired) electrons. The van der Waals surface area contributed by atoms with E-state index in [4.69, 9.17) is 4.74 Å². The molecular formula is C25H27O2S+. The second-order valence-electron chi connectivity index (χ2n) is 8.23. The topological polar surface area (TPSA) is 26.3 Å². The summed E-state index contributed by atoms with van der Waals surface area (Å²) < 4.78 is 7.33. The molecule has 0 saturated carbocycles. The molecule has 1 heterocycles. The molecule has 2 atom stereocenters. The molecule has 0 fully saturated rings. The Labute approximate surface area is 169 Å². The summed E-state index contributed by atoms with van der Waals surface area (Å²) in [5.41, 5.74) is 2.77. The van der Waals surface area contributed by atoms with Gasteiger partial charge < -0.3 is 4.74 Å². The fraction of sp³-hybridized carbons (Fsp3) is 0.320. The molecular weight excluding hydrogens is 364 g/mol. The van der Waals surface area contributed by atoms with Crippen LogP contribution in [0.2, 0.25) is 0 Å². The Balaban J connectivity index is 1.63. The summed E-state index contributed by atoms with van der Waals surface area (Å²) in [6.07, 6.45) is 4.38. The monoisotopic (exact) mass is 391 g/mol. The van der Waals surface area contributed by atoms with Crippen molar-refractivity contribution in [2.75, 3.05) is 0 Å². The van der Waals surface area contributed by atoms with E-state index in [9.17, 15) is 4.79 Å². The lowest BCUT2D eigenvalue weighted by Gasteiger charge is -2.32. The van der Waals surface area contributed by atoms with Gasteiger partial charge in [0.05, 0.1) is 5.56 Å². The molecule has 0 spiro atoms. The first-order valence-electron chi connectivity index (χ1n) is 9.88. The molecule has 0 aliphatic heterocycles. The standard InChI is InChI=1S/C25H27O2S/c1-17-9-7-13-22(17)25(3,4)27-24(26)19-10-8-11-20(15-19)28-16-18(2)21-12-5-6-14-23(21)28/h5-6,8-12,14-16,22H,7,13H2,1-4H3/q+1. The Bertz CT molecular complexity index is 1070. The molecule has 3 heteroatoms. The molecule has 2 nitrogen and oxygen atoms in total. The first kappa shape index (κ1) is 18.9. The van der Waals surface area contributed by atoms with Gasteiger partial charge in [0.15, 0.2) is 9.60 Å². The van der Waals surface area contributed by atoms with Crippen LogP contribution in [0.5, 0.6) is 0 Å². The number of rotatable bonds is 4. The summed E-state index contributed by atoms with van der Waals surface area (Å²) in [4.78, 5) is 14.1. The van der Waals surface area contributed by atoms with Gasteiger partial charge in [0.25, 0.3) is 0 Å². The third kappa shape index (κ3) is 3.40. The average Bonchev–Trinajstić information content (AvgIpc) is 3.26. The van der Waals surface area contributed by atoms with Crippen molar-refractivity contribution in [2.24, 2.45) is 5.92 Å². The van der Waals surface area contributed by atoms with Crippen LogP contribution in [0.1, 0.15) is 49.5 Å². The molecule has 2 unspecified atom stereocenters. The minimum atomic E-state index is -0.497. The highest BCUT2D eigenvalue weighted by Gasteiger charge is 2.36. The first-order valence-corrected chi connectivity index (χ1v) is 11.2. The zero-order valence-electron chi connectivity index (χ0n) is 17.0. The van der Waals surface area contributed by atoms with Crippen LogP contribution in [-0.4, -0.2) is 11.6 Å². The molecule has 2 aromatic carbocycles. The minimum Gasteiger partial charge on any atom is -0.455 e. The van der Waals surface area contributed by atoms with E-state index < -0.39 is 5.60 Å². The van der Waals surface area contributed by atoms with Crippen LogP contribution in [0.4, 0.5) is 0 Å². The normalized spacial score (nSPS) is 17.6. The molecule has 144 valence electrons. The first-order chi connectivity index (χ1) is 13.4. The maximum absolute atomic E-state index is 12.9. The van der Waals surface area contributed by atoms with Crippen molar-refractivity contribution < 1.29 is 9.53 Å². The molecule has 0 N–H and O–H groups in total. The summed E-state index contributed by atoms with van der Waals surface area (Å²) in [5, 5.41) is 3.62. The van der Waals surface area contributed by atoms with E-state index in [1.54, 1.807) is 0 Å². The van der Waals surface area contributed by atoms with Gasteiger partial charge in [-0.25, -0.2) is 4.79 Å². The van der Waals surface area contributed by atoms with Crippen molar-refractivity contribution >= 4 is 26.5 Å². The van der Waals surface area contributed by atoms with E-state index in [2.05, 4.69) is 55.6 Å². The molecule has 0 saturated heterocycles. The SMILES string of the molecule is CC1=CCCC1C(C)(C)OC(=O)c1cccc(-[s+]2cc(C)c3ccccc32)c1. The highest BCUT2D eigenvalue weighted by Crippen LogP contribution is 2.42. The highest BCUT2D eigenvalue weighted by atomic mass is 32.2. The van der Waals surface area contributed by atoms with Crippen molar-refractivity contribution in [1.29, 1.82) is 0 Å². The number of allylic oxidation sites excluding steroid dienone is 1. The second-order valence-corrected chi connectivity index (χ2v) is 10.1. The third-order valence-corrected chi connectivity index (χ3v) is 8.01. The van der Waals surface area contributed by atoms with Crippen LogP contribution in [0.25, 0.3) is 15.0 Å².